The minimum Gasteiger partial charge on any atom is -0.446 e. The average molecular weight is 196 g/mol. The van der Waals surface area contributed by atoms with E-state index in [1.807, 2.05) is 13.2 Å². The van der Waals surface area contributed by atoms with Crippen LogP contribution in [-0.2, 0) is 12.8 Å². The van der Waals surface area contributed by atoms with Crippen molar-refractivity contribution in [3.8, 4) is 0 Å². The van der Waals surface area contributed by atoms with E-state index in [1.165, 1.54) is 0 Å². The van der Waals surface area contributed by atoms with Crippen molar-refractivity contribution < 1.29 is 4.42 Å². The van der Waals surface area contributed by atoms with E-state index < -0.39 is 0 Å². The molecule has 1 heterocycles. The van der Waals surface area contributed by atoms with Crippen LogP contribution in [-0.4, -0.2) is 18.6 Å². The van der Waals surface area contributed by atoms with Crippen LogP contribution in [0.1, 0.15) is 32.4 Å². The molecule has 0 fully saturated rings. The van der Waals surface area contributed by atoms with Crippen LogP contribution in [0.5, 0.6) is 0 Å². The molecule has 0 aliphatic carbocycles. The Balaban J connectivity index is 2.51. The van der Waals surface area contributed by atoms with E-state index in [0.717, 1.165) is 31.0 Å². The molecule has 80 valence electrons. The third kappa shape index (κ3) is 3.92. The van der Waals surface area contributed by atoms with E-state index in [1.54, 1.807) is 0 Å². The van der Waals surface area contributed by atoms with Crippen molar-refractivity contribution in [1.82, 2.24) is 10.3 Å². The molecule has 3 heteroatoms. The first-order chi connectivity index (χ1) is 6.51. The SMILES string of the molecule is CNCCc1cnc(CC(C)(C)C)o1. The van der Waals surface area contributed by atoms with Gasteiger partial charge in [-0.25, -0.2) is 4.98 Å². The highest BCUT2D eigenvalue weighted by Gasteiger charge is 2.15. The third-order valence-corrected chi connectivity index (χ3v) is 1.90. The molecule has 0 atom stereocenters. The highest BCUT2D eigenvalue weighted by atomic mass is 16.4. The van der Waals surface area contributed by atoms with Gasteiger partial charge in [-0.05, 0) is 12.5 Å². The summed E-state index contributed by atoms with van der Waals surface area (Å²) in [5.41, 5.74) is 0.241. The number of aromatic nitrogens is 1. The van der Waals surface area contributed by atoms with Gasteiger partial charge in [0.2, 0.25) is 0 Å². The fraction of sp³-hybridized carbons (Fsp3) is 0.727. The summed E-state index contributed by atoms with van der Waals surface area (Å²) in [5.74, 6) is 1.82. The van der Waals surface area contributed by atoms with E-state index >= 15 is 0 Å². The third-order valence-electron chi connectivity index (χ3n) is 1.90. The Labute approximate surface area is 85.9 Å². The molecule has 0 aromatic carbocycles. The molecule has 14 heavy (non-hydrogen) atoms. The zero-order valence-electron chi connectivity index (χ0n) is 9.55. The molecule has 0 saturated heterocycles. The van der Waals surface area contributed by atoms with Gasteiger partial charge in [-0.15, -0.1) is 0 Å². The van der Waals surface area contributed by atoms with Crippen LogP contribution in [0.4, 0.5) is 0 Å². The maximum Gasteiger partial charge on any atom is 0.194 e. The summed E-state index contributed by atoms with van der Waals surface area (Å²) in [4.78, 5) is 4.26. The fourth-order valence-electron chi connectivity index (χ4n) is 1.25. The molecule has 0 spiro atoms. The lowest BCUT2D eigenvalue weighted by molar-refractivity contribution is 0.345. The number of nitrogens with one attached hydrogen (secondary N) is 1. The second kappa shape index (κ2) is 4.60. The second-order valence-corrected chi connectivity index (χ2v) is 4.81. The largest absolute Gasteiger partial charge is 0.446 e. The molecule has 0 bridgehead atoms. The van der Waals surface area contributed by atoms with Crippen molar-refractivity contribution in [2.24, 2.45) is 5.41 Å². The number of hydrogen-bond acceptors (Lipinski definition) is 3. The van der Waals surface area contributed by atoms with Crippen molar-refractivity contribution in [3.63, 3.8) is 0 Å². The van der Waals surface area contributed by atoms with Crippen LogP contribution in [0.2, 0.25) is 0 Å². The van der Waals surface area contributed by atoms with Crippen LogP contribution >= 0.6 is 0 Å². The molecule has 0 aliphatic heterocycles. The number of rotatable bonds is 4. The summed E-state index contributed by atoms with van der Waals surface area (Å²) in [6, 6.07) is 0. The van der Waals surface area contributed by atoms with Gasteiger partial charge < -0.3 is 9.73 Å². The molecule has 1 rings (SSSR count). The molecular formula is C11H20N2O. The van der Waals surface area contributed by atoms with Crippen molar-refractivity contribution in [1.29, 1.82) is 0 Å². The first-order valence-corrected chi connectivity index (χ1v) is 5.09. The Kier molecular flexibility index (Phi) is 3.69. The van der Waals surface area contributed by atoms with Crippen LogP contribution in [0, 0.1) is 5.41 Å². The van der Waals surface area contributed by atoms with Gasteiger partial charge in [0.15, 0.2) is 5.89 Å². The molecule has 0 aliphatic rings. The fourth-order valence-corrected chi connectivity index (χ4v) is 1.25. The summed E-state index contributed by atoms with van der Waals surface area (Å²) < 4.78 is 5.61. The minimum atomic E-state index is 0.241. The van der Waals surface area contributed by atoms with Crippen molar-refractivity contribution in [3.05, 3.63) is 17.8 Å². The van der Waals surface area contributed by atoms with Gasteiger partial charge in [0, 0.05) is 19.4 Å². The number of oxazole rings is 1. The predicted molar refractivity (Wildman–Crippen MR) is 57.3 cm³/mol. The van der Waals surface area contributed by atoms with Gasteiger partial charge in [0.1, 0.15) is 5.76 Å². The van der Waals surface area contributed by atoms with Crippen LogP contribution in [0.15, 0.2) is 10.6 Å². The normalized spacial score (nSPS) is 12.0. The van der Waals surface area contributed by atoms with Crippen molar-refractivity contribution in [2.75, 3.05) is 13.6 Å². The standard InChI is InChI=1S/C11H20N2O/c1-11(2,3)7-10-13-8-9(14-10)5-6-12-4/h8,12H,5-7H2,1-4H3. The molecule has 0 radical (unpaired) electrons. The number of hydrogen-bond donors (Lipinski definition) is 1. The minimum absolute atomic E-state index is 0.241. The van der Waals surface area contributed by atoms with E-state index in [0.29, 0.717) is 0 Å². The van der Waals surface area contributed by atoms with E-state index in [9.17, 15) is 0 Å². The van der Waals surface area contributed by atoms with Crippen LogP contribution in [0.3, 0.4) is 0 Å². The van der Waals surface area contributed by atoms with Gasteiger partial charge >= 0.3 is 0 Å². The second-order valence-electron chi connectivity index (χ2n) is 4.81. The molecular weight excluding hydrogens is 176 g/mol. The topological polar surface area (TPSA) is 38.1 Å². The highest BCUT2D eigenvalue weighted by Crippen LogP contribution is 2.20. The van der Waals surface area contributed by atoms with Gasteiger partial charge in [-0.2, -0.15) is 0 Å². The lowest BCUT2D eigenvalue weighted by Gasteiger charge is -2.14. The average Bonchev–Trinajstić information content (AvgIpc) is 2.46. The van der Waals surface area contributed by atoms with E-state index in [4.69, 9.17) is 4.42 Å². The highest BCUT2D eigenvalue weighted by molar-refractivity contribution is 4.96. The monoisotopic (exact) mass is 196 g/mol. The quantitative estimate of drug-likeness (QED) is 0.800. The first-order valence-electron chi connectivity index (χ1n) is 5.09. The molecule has 0 unspecified atom stereocenters. The molecule has 0 amide bonds. The Morgan fingerprint density at radius 1 is 1.43 bits per heavy atom. The number of nitrogens with zero attached hydrogens (tertiary/aromatic N) is 1. The summed E-state index contributed by atoms with van der Waals surface area (Å²) in [7, 11) is 1.94. The molecule has 1 N–H and O–H groups in total. The maximum atomic E-state index is 5.61. The van der Waals surface area contributed by atoms with Gasteiger partial charge in [0.05, 0.1) is 6.20 Å². The van der Waals surface area contributed by atoms with Gasteiger partial charge in [0.25, 0.3) is 0 Å². The van der Waals surface area contributed by atoms with Crippen LogP contribution in [0.25, 0.3) is 0 Å². The summed E-state index contributed by atoms with van der Waals surface area (Å²) in [5, 5.41) is 3.09. The zero-order valence-corrected chi connectivity index (χ0v) is 9.55. The van der Waals surface area contributed by atoms with Gasteiger partial charge in [-0.1, -0.05) is 20.8 Å². The summed E-state index contributed by atoms with van der Waals surface area (Å²) in [6.45, 7) is 7.49. The Morgan fingerprint density at radius 3 is 2.71 bits per heavy atom. The Hall–Kier alpha value is -0.830. The molecule has 1 aromatic heterocycles. The van der Waals surface area contributed by atoms with E-state index in [-0.39, 0.29) is 5.41 Å². The first kappa shape index (κ1) is 11.2. The van der Waals surface area contributed by atoms with Crippen molar-refractivity contribution in [2.45, 2.75) is 33.6 Å². The maximum absolute atomic E-state index is 5.61. The Morgan fingerprint density at radius 2 is 2.14 bits per heavy atom. The predicted octanol–water partition coefficient (Wildman–Crippen LogP) is 2.03. The molecule has 3 nitrogen and oxygen atoms in total. The van der Waals surface area contributed by atoms with E-state index in [2.05, 4.69) is 31.1 Å². The summed E-state index contributed by atoms with van der Waals surface area (Å²) in [6.07, 6.45) is 3.64. The molecule has 0 saturated carbocycles. The smallest absolute Gasteiger partial charge is 0.194 e. The number of likely N-dealkylation sites (N-methyl/N-ethyl adjacent to an activating group) is 1. The zero-order chi connectivity index (χ0) is 10.6. The Bertz CT molecular complexity index is 273. The van der Waals surface area contributed by atoms with Gasteiger partial charge in [-0.3, -0.25) is 0 Å². The lowest BCUT2D eigenvalue weighted by Crippen LogP contribution is -2.10. The lowest BCUT2D eigenvalue weighted by atomic mass is 9.92. The van der Waals surface area contributed by atoms with Crippen molar-refractivity contribution >= 4 is 0 Å². The molecule has 1 aromatic rings. The summed E-state index contributed by atoms with van der Waals surface area (Å²) >= 11 is 0. The van der Waals surface area contributed by atoms with Crippen LogP contribution < -0.4 is 5.32 Å².